The summed E-state index contributed by atoms with van der Waals surface area (Å²) < 4.78 is 60.0. The van der Waals surface area contributed by atoms with Crippen LogP contribution in [-0.4, -0.2) is 50.9 Å². The highest BCUT2D eigenvalue weighted by atomic mass is 35.5. The predicted octanol–water partition coefficient (Wildman–Crippen LogP) is 3.77. The predicted molar refractivity (Wildman–Crippen MR) is 114 cm³/mol. The molecule has 0 spiro atoms. The molecular weight excluding hydrogens is 470 g/mol. The number of hydrogen-bond acceptors (Lipinski definition) is 6. The molecule has 0 aromatic heterocycles. The van der Waals surface area contributed by atoms with Crippen molar-refractivity contribution in [3.8, 4) is 5.75 Å². The van der Waals surface area contributed by atoms with Gasteiger partial charge in [0.15, 0.2) is 6.61 Å². The topological polar surface area (TPSA) is 102 Å². The Kier molecular flexibility index (Phi) is 8.93. The van der Waals surface area contributed by atoms with Crippen molar-refractivity contribution in [2.45, 2.75) is 25.4 Å². The number of carbonyl (C=O) groups excluding carboxylic acids is 2. The van der Waals surface area contributed by atoms with Crippen molar-refractivity contribution in [1.29, 1.82) is 0 Å². The van der Waals surface area contributed by atoms with Crippen LogP contribution in [0.25, 0.3) is 0 Å². The molecule has 2 aromatic rings. The molecule has 0 radical (unpaired) electrons. The van der Waals surface area contributed by atoms with E-state index in [0.29, 0.717) is 0 Å². The number of hydrogen-bond donors (Lipinski definition) is 1. The molecule has 0 unspecified atom stereocenters. The molecule has 0 saturated heterocycles. The maximum Gasteiger partial charge on any atom is 0.387 e. The highest BCUT2D eigenvalue weighted by Gasteiger charge is 2.24. The lowest BCUT2D eigenvalue weighted by Gasteiger charge is -2.19. The van der Waals surface area contributed by atoms with Gasteiger partial charge < -0.3 is 14.8 Å². The average molecular weight is 491 g/mol. The number of alkyl halides is 2. The molecule has 1 amide bonds. The Hall–Kier alpha value is -2.76. The summed E-state index contributed by atoms with van der Waals surface area (Å²) >= 11 is 6.01. The number of anilines is 1. The normalized spacial score (nSPS) is 11.5. The summed E-state index contributed by atoms with van der Waals surface area (Å²) in [5.74, 6) is -1.77. The number of ether oxygens (including phenoxy) is 2. The zero-order valence-corrected chi connectivity index (χ0v) is 18.8. The van der Waals surface area contributed by atoms with Gasteiger partial charge in [-0.2, -0.15) is 13.1 Å². The third-order valence-corrected chi connectivity index (χ3v) is 6.57. The van der Waals surface area contributed by atoms with E-state index >= 15 is 0 Å². The smallest absolute Gasteiger partial charge is 0.387 e. The van der Waals surface area contributed by atoms with Gasteiger partial charge in [0.1, 0.15) is 5.75 Å². The first-order chi connectivity index (χ1) is 15.1. The molecule has 2 aromatic carbocycles. The Bertz CT molecular complexity index is 1060. The summed E-state index contributed by atoms with van der Waals surface area (Å²) in [7, 11) is -3.83. The monoisotopic (exact) mass is 490 g/mol. The summed E-state index contributed by atoms with van der Waals surface area (Å²) in [5, 5.41) is 2.38. The van der Waals surface area contributed by atoms with Gasteiger partial charge in [-0.3, -0.25) is 4.79 Å². The number of nitrogens with one attached hydrogen (secondary N) is 1. The van der Waals surface area contributed by atoms with Crippen molar-refractivity contribution >= 4 is 39.2 Å². The van der Waals surface area contributed by atoms with E-state index in [-0.39, 0.29) is 40.0 Å². The maximum absolute atomic E-state index is 12.6. The number of benzene rings is 2. The Morgan fingerprint density at radius 1 is 1.09 bits per heavy atom. The van der Waals surface area contributed by atoms with Gasteiger partial charge in [-0.15, -0.1) is 0 Å². The van der Waals surface area contributed by atoms with Crippen molar-refractivity contribution in [3.63, 3.8) is 0 Å². The van der Waals surface area contributed by atoms with Crippen LogP contribution in [0.15, 0.2) is 47.4 Å². The number of sulfonamides is 1. The molecule has 0 aliphatic rings. The van der Waals surface area contributed by atoms with Crippen LogP contribution in [0.4, 0.5) is 14.5 Å². The van der Waals surface area contributed by atoms with E-state index in [2.05, 4.69) is 10.1 Å². The van der Waals surface area contributed by atoms with Crippen LogP contribution >= 0.6 is 11.6 Å². The van der Waals surface area contributed by atoms with Crippen molar-refractivity contribution in [3.05, 3.63) is 53.1 Å². The lowest BCUT2D eigenvalue weighted by Crippen LogP contribution is -2.30. The third-order valence-electron chi connectivity index (χ3n) is 4.20. The van der Waals surface area contributed by atoms with Gasteiger partial charge in [-0.25, -0.2) is 13.2 Å². The first-order valence-electron chi connectivity index (χ1n) is 9.40. The Morgan fingerprint density at radius 3 is 2.28 bits per heavy atom. The highest BCUT2D eigenvalue weighted by molar-refractivity contribution is 7.89. The Morgan fingerprint density at radius 2 is 1.72 bits per heavy atom. The molecule has 1 N–H and O–H groups in total. The van der Waals surface area contributed by atoms with Crippen LogP contribution in [0.1, 0.15) is 24.2 Å². The lowest BCUT2D eigenvalue weighted by molar-refractivity contribution is -0.119. The number of amides is 1. The second-order valence-corrected chi connectivity index (χ2v) is 8.60. The van der Waals surface area contributed by atoms with E-state index in [1.165, 1.54) is 40.7 Å². The van der Waals surface area contributed by atoms with Crippen LogP contribution in [0.5, 0.6) is 5.75 Å². The second kappa shape index (κ2) is 11.2. The minimum Gasteiger partial charge on any atom is -0.452 e. The van der Waals surface area contributed by atoms with Gasteiger partial charge >= 0.3 is 12.6 Å². The van der Waals surface area contributed by atoms with Gasteiger partial charge in [0.2, 0.25) is 10.0 Å². The van der Waals surface area contributed by atoms with Gasteiger partial charge in [0.25, 0.3) is 5.91 Å². The van der Waals surface area contributed by atoms with Crippen LogP contribution in [0.2, 0.25) is 5.02 Å². The molecule has 0 atom stereocenters. The van der Waals surface area contributed by atoms with Crippen molar-refractivity contribution < 1.29 is 36.3 Å². The second-order valence-electron chi connectivity index (χ2n) is 6.26. The average Bonchev–Trinajstić information content (AvgIpc) is 2.74. The van der Waals surface area contributed by atoms with Crippen LogP contribution < -0.4 is 10.1 Å². The Labute approximate surface area is 189 Å². The highest BCUT2D eigenvalue weighted by Crippen LogP contribution is 2.24. The molecule has 8 nitrogen and oxygen atoms in total. The van der Waals surface area contributed by atoms with E-state index in [1.54, 1.807) is 13.8 Å². The molecule has 32 heavy (non-hydrogen) atoms. The number of halogens is 3. The van der Waals surface area contributed by atoms with Gasteiger partial charge in [0.05, 0.1) is 15.5 Å². The molecule has 0 aliphatic heterocycles. The van der Waals surface area contributed by atoms with E-state index in [9.17, 15) is 26.8 Å². The Balaban J connectivity index is 2.04. The van der Waals surface area contributed by atoms with Crippen molar-refractivity contribution in [2.75, 3.05) is 25.0 Å². The zero-order valence-electron chi connectivity index (χ0n) is 17.2. The summed E-state index contributed by atoms with van der Waals surface area (Å²) in [4.78, 5) is 24.3. The van der Waals surface area contributed by atoms with Gasteiger partial charge in [-0.1, -0.05) is 25.4 Å². The molecule has 0 saturated carbocycles. The first-order valence-corrected chi connectivity index (χ1v) is 11.2. The van der Waals surface area contributed by atoms with Crippen molar-refractivity contribution in [1.82, 2.24) is 4.31 Å². The fourth-order valence-corrected chi connectivity index (χ4v) is 4.34. The minimum absolute atomic E-state index is 0.0384. The molecule has 0 heterocycles. The zero-order chi connectivity index (χ0) is 23.9. The quantitative estimate of drug-likeness (QED) is 0.509. The number of nitrogens with zero attached hydrogens (tertiary/aromatic N) is 1. The minimum atomic E-state index is -3.83. The van der Waals surface area contributed by atoms with Crippen LogP contribution in [-0.2, 0) is 19.6 Å². The van der Waals surface area contributed by atoms with Crippen LogP contribution in [0, 0.1) is 0 Å². The SMILES string of the molecule is CCN(CC)S(=O)(=O)c1ccc(Cl)c(C(=O)OCC(=O)Nc2ccc(OC(F)F)cc2)c1. The molecule has 0 fully saturated rings. The van der Waals surface area contributed by atoms with E-state index in [4.69, 9.17) is 16.3 Å². The van der Waals surface area contributed by atoms with Crippen LogP contribution in [0.3, 0.4) is 0 Å². The van der Waals surface area contributed by atoms with E-state index in [0.717, 1.165) is 6.07 Å². The number of carbonyl (C=O) groups is 2. The largest absolute Gasteiger partial charge is 0.452 e. The molecule has 0 bridgehead atoms. The molecule has 12 heteroatoms. The molecular formula is C20H21ClF2N2O6S. The molecule has 0 aliphatic carbocycles. The number of esters is 1. The fraction of sp³-hybridized carbons (Fsp3) is 0.300. The lowest BCUT2D eigenvalue weighted by atomic mass is 10.2. The summed E-state index contributed by atoms with van der Waals surface area (Å²) in [5.41, 5.74) is 0.0548. The first kappa shape index (κ1) is 25.5. The molecule has 2 rings (SSSR count). The van der Waals surface area contributed by atoms with E-state index < -0.39 is 35.1 Å². The van der Waals surface area contributed by atoms with Gasteiger partial charge in [-0.05, 0) is 42.5 Å². The van der Waals surface area contributed by atoms with Crippen molar-refractivity contribution in [2.24, 2.45) is 0 Å². The number of rotatable bonds is 10. The standard InChI is InChI=1S/C20H21ClF2N2O6S/c1-3-25(4-2)32(28,29)15-9-10-17(21)16(11-15)19(27)30-12-18(26)24-13-5-7-14(8-6-13)31-20(22)23/h5-11,20H,3-4,12H2,1-2H3,(H,24,26). The maximum atomic E-state index is 12.6. The molecule has 174 valence electrons. The summed E-state index contributed by atoms with van der Waals surface area (Å²) in [6.07, 6.45) is 0. The van der Waals surface area contributed by atoms with E-state index in [1.807, 2.05) is 0 Å². The third kappa shape index (κ3) is 6.62. The van der Waals surface area contributed by atoms with Gasteiger partial charge in [0, 0.05) is 18.8 Å². The summed E-state index contributed by atoms with van der Waals surface area (Å²) in [6.45, 7) is 0.209. The summed E-state index contributed by atoms with van der Waals surface area (Å²) in [6, 6.07) is 8.76. The fourth-order valence-electron chi connectivity index (χ4n) is 2.66.